The second-order valence-electron chi connectivity index (χ2n) is 6.12. The van der Waals surface area contributed by atoms with Crippen LogP contribution in [0.5, 0.6) is 5.75 Å². The van der Waals surface area contributed by atoms with Gasteiger partial charge >= 0.3 is 0 Å². The van der Waals surface area contributed by atoms with Gasteiger partial charge in [0.1, 0.15) is 11.6 Å². The highest BCUT2D eigenvalue weighted by molar-refractivity contribution is 5.38. The monoisotopic (exact) mass is 336 g/mol. The first-order chi connectivity index (χ1) is 12.4. The SMILES string of the molecule is c1ccc(OCc2noc([C@H]3CCCN(c4ccccn4)C3)n2)cc1. The highest BCUT2D eigenvalue weighted by Crippen LogP contribution is 2.28. The zero-order valence-corrected chi connectivity index (χ0v) is 13.9. The van der Waals surface area contributed by atoms with Crippen molar-refractivity contribution in [2.45, 2.75) is 25.4 Å². The lowest BCUT2D eigenvalue weighted by molar-refractivity contribution is 0.282. The molecule has 0 radical (unpaired) electrons. The lowest BCUT2D eigenvalue weighted by Crippen LogP contribution is -2.35. The molecule has 0 bridgehead atoms. The Bertz CT molecular complexity index is 791. The molecule has 0 saturated carbocycles. The number of hydrogen-bond acceptors (Lipinski definition) is 6. The molecule has 1 aliphatic heterocycles. The van der Waals surface area contributed by atoms with Crippen molar-refractivity contribution in [2.75, 3.05) is 18.0 Å². The van der Waals surface area contributed by atoms with Crippen LogP contribution in [0.15, 0.2) is 59.3 Å². The minimum absolute atomic E-state index is 0.230. The molecule has 128 valence electrons. The van der Waals surface area contributed by atoms with Crippen LogP contribution in [0, 0.1) is 0 Å². The van der Waals surface area contributed by atoms with Crippen molar-refractivity contribution in [2.24, 2.45) is 0 Å². The van der Waals surface area contributed by atoms with Gasteiger partial charge in [-0.15, -0.1) is 0 Å². The van der Waals surface area contributed by atoms with Crippen molar-refractivity contribution in [3.05, 3.63) is 66.4 Å². The van der Waals surface area contributed by atoms with Gasteiger partial charge in [-0.1, -0.05) is 29.4 Å². The average molecular weight is 336 g/mol. The van der Waals surface area contributed by atoms with Crippen LogP contribution in [0.2, 0.25) is 0 Å². The molecule has 0 aliphatic carbocycles. The number of benzene rings is 1. The minimum Gasteiger partial charge on any atom is -0.485 e. The third kappa shape index (κ3) is 3.79. The quantitative estimate of drug-likeness (QED) is 0.711. The predicted octanol–water partition coefficient (Wildman–Crippen LogP) is 3.43. The first-order valence-corrected chi connectivity index (χ1v) is 8.55. The Hall–Kier alpha value is -2.89. The summed E-state index contributed by atoms with van der Waals surface area (Å²) in [6, 6.07) is 15.6. The van der Waals surface area contributed by atoms with E-state index in [0.717, 1.165) is 37.5 Å². The van der Waals surface area contributed by atoms with E-state index in [-0.39, 0.29) is 5.92 Å². The first kappa shape index (κ1) is 15.6. The number of pyridine rings is 1. The molecule has 2 aromatic heterocycles. The van der Waals surface area contributed by atoms with Gasteiger partial charge in [0.15, 0.2) is 6.61 Å². The van der Waals surface area contributed by atoms with Gasteiger partial charge < -0.3 is 14.2 Å². The third-order valence-electron chi connectivity index (χ3n) is 4.34. The normalized spacial score (nSPS) is 17.4. The highest BCUT2D eigenvalue weighted by Gasteiger charge is 2.26. The minimum atomic E-state index is 0.230. The fourth-order valence-electron chi connectivity index (χ4n) is 3.08. The molecular formula is C19H20N4O2. The van der Waals surface area contributed by atoms with Crippen LogP contribution in [0.4, 0.5) is 5.82 Å². The van der Waals surface area contributed by atoms with E-state index >= 15 is 0 Å². The van der Waals surface area contributed by atoms with Gasteiger partial charge in [0, 0.05) is 19.3 Å². The molecule has 6 heteroatoms. The van der Waals surface area contributed by atoms with Crippen LogP contribution in [0.25, 0.3) is 0 Å². The molecule has 1 aliphatic rings. The summed E-state index contributed by atoms with van der Waals surface area (Å²) < 4.78 is 11.2. The summed E-state index contributed by atoms with van der Waals surface area (Å²) in [5.41, 5.74) is 0. The van der Waals surface area contributed by atoms with E-state index in [9.17, 15) is 0 Å². The average Bonchev–Trinajstić information content (AvgIpc) is 3.17. The maximum Gasteiger partial charge on any atom is 0.231 e. The Morgan fingerprint density at radius 1 is 1.12 bits per heavy atom. The zero-order valence-electron chi connectivity index (χ0n) is 13.9. The lowest BCUT2D eigenvalue weighted by atomic mass is 9.98. The Kier molecular flexibility index (Phi) is 4.59. The molecule has 0 spiro atoms. The van der Waals surface area contributed by atoms with Gasteiger partial charge in [0.25, 0.3) is 0 Å². The molecule has 0 N–H and O–H groups in total. The van der Waals surface area contributed by atoms with Gasteiger partial charge in [0.2, 0.25) is 11.7 Å². The Morgan fingerprint density at radius 3 is 2.84 bits per heavy atom. The standard InChI is InChI=1S/C19H20N4O2/c1-2-8-16(9-3-1)24-14-17-21-19(25-22-17)15-7-6-12-23(13-15)18-10-4-5-11-20-18/h1-5,8-11,15H,6-7,12-14H2/t15-/m0/s1. The van der Waals surface area contributed by atoms with Crippen molar-refractivity contribution >= 4 is 5.82 Å². The zero-order chi connectivity index (χ0) is 16.9. The van der Waals surface area contributed by atoms with Gasteiger partial charge in [-0.2, -0.15) is 4.98 Å². The molecule has 25 heavy (non-hydrogen) atoms. The lowest BCUT2D eigenvalue weighted by Gasteiger charge is -2.31. The summed E-state index contributed by atoms with van der Waals surface area (Å²) in [5, 5.41) is 4.06. The van der Waals surface area contributed by atoms with E-state index in [1.165, 1.54) is 0 Å². The number of piperidine rings is 1. The number of rotatable bonds is 5. The maximum absolute atomic E-state index is 5.68. The molecule has 0 amide bonds. The second kappa shape index (κ2) is 7.34. The fraction of sp³-hybridized carbons (Fsp3) is 0.316. The second-order valence-corrected chi connectivity index (χ2v) is 6.12. The summed E-state index contributed by atoms with van der Waals surface area (Å²) in [4.78, 5) is 11.2. The summed E-state index contributed by atoms with van der Waals surface area (Å²) in [5.74, 6) is 3.29. The number of ether oxygens (including phenoxy) is 1. The van der Waals surface area contributed by atoms with E-state index < -0.39 is 0 Å². The van der Waals surface area contributed by atoms with Gasteiger partial charge in [-0.05, 0) is 37.1 Å². The molecule has 6 nitrogen and oxygen atoms in total. The van der Waals surface area contributed by atoms with E-state index in [1.807, 2.05) is 54.7 Å². The molecule has 0 unspecified atom stereocenters. The summed E-state index contributed by atoms with van der Waals surface area (Å²) in [7, 11) is 0. The van der Waals surface area contributed by atoms with Crippen molar-refractivity contribution in [1.29, 1.82) is 0 Å². The van der Waals surface area contributed by atoms with E-state index in [0.29, 0.717) is 18.3 Å². The van der Waals surface area contributed by atoms with E-state index in [4.69, 9.17) is 9.26 Å². The van der Waals surface area contributed by atoms with Crippen LogP contribution in [-0.4, -0.2) is 28.2 Å². The molecule has 4 rings (SSSR count). The summed E-state index contributed by atoms with van der Waals surface area (Å²) >= 11 is 0. The van der Waals surface area contributed by atoms with Crippen molar-refractivity contribution in [3.8, 4) is 5.75 Å². The number of nitrogens with zero attached hydrogens (tertiary/aromatic N) is 4. The number of aromatic nitrogens is 3. The molecular weight excluding hydrogens is 316 g/mol. The number of para-hydroxylation sites is 1. The topological polar surface area (TPSA) is 64.3 Å². The first-order valence-electron chi connectivity index (χ1n) is 8.55. The van der Waals surface area contributed by atoms with Crippen LogP contribution in [0.3, 0.4) is 0 Å². The molecule has 1 fully saturated rings. The highest BCUT2D eigenvalue weighted by atomic mass is 16.5. The third-order valence-corrected chi connectivity index (χ3v) is 4.34. The molecule has 1 aromatic carbocycles. The van der Waals surface area contributed by atoms with E-state index in [1.54, 1.807) is 0 Å². The summed E-state index contributed by atoms with van der Waals surface area (Å²) in [6.07, 6.45) is 3.95. The van der Waals surface area contributed by atoms with E-state index in [2.05, 4.69) is 20.0 Å². The van der Waals surface area contributed by atoms with Crippen LogP contribution >= 0.6 is 0 Å². The molecule has 3 heterocycles. The largest absolute Gasteiger partial charge is 0.485 e. The van der Waals surface area contributed by atoms with Gasteiger partial charge in [-0.25, -0.2) is 4.98 Å². The molecule has 3 aromatic rings. The van der Waals surface area contributed by atoms with Gasteiger partial charge in [0.05, 0.1) is 5.92 Å². The summed E-state index contributed by atoms with van der Waals surface area (Å²) in [6.45, 7) is 2.16. The number of anilines is 1. The van der Waals surface area contributed by atoms with Crippen molar-refractivity contribution in [1.82, 2.24) is 15.1 Å². The van der Waals surface area contributed by atoms with Gasteiger partial charge in [-0.3, -0.25) is 0 Å². The van der Waals surface area contributed by atoms with Crippen molar-refractivity contribution < 1.29 is 9.26 Å². The van der Waals surface area contributed by atoms with Crippen LogP contribution < -0.4 is 9.64 Å². The predicted molar refractivity (Wildman–Crippen MR) is 93.5 cm³/mol. The Morgan fingerprint density at radius 2 is 2.00 bits per heavy atom. The molecule has 1 atom stereocenters. The Balaban J connectivity index is 1.39. The fourth-order valence-corrected chi connectivity index (χ4v) is 3.08. The van der Waals surface area contributed by atoms with Crippen LogP contribution in [0.1, 0.15) is 30.5 Å². The Labute approximate surface area is 146 Å². The number of hydrogen-bond donors (Lipinski definition) is 0. The van der Waals surface area contributed by atoms with Crippen LogP contribution in [-0.2, 0) is 6.61 Å². The maximum atomic E-state index is 5.68. The smallest absolute Gasteiger partial charge is 0.231 e. The molecule has 1 saturated heterocycles. The van der Waals surface area contributed by atoms with Crippen molar-refractivity contribution in [3.63, 3.8) is 0 Å².